The number of hydrogen-bond acceptors (Lipinski definition) is 3. The molecule has 3 rings (SSSR count). The Kier molecular flexibility index (Phi) is 5.02. The Labute approximate surface area is 152 Å². The fourth-order valence-electron chi connectivity index (χ4n) is 2.73. The first-order valence-electron chi connectivity index (χ1n) is 8.26. The Hall–Kier alpha value is -3.15. The highest BCUT2D eigenvalue weighted by molar-refractivity contribution is 5.95. The molecule has 0 saturated carbocycles. The number of imidazole rings is 1. The summed E-state index contributed by atoms with van der Waals surface area (Å²) in [5.74, 6) is 0.139. The van der Waals surface area contributed by atoms with E-state index in [4.69, 9.17) is 0 Å². The molecule has 0 saturated heterocycles. The molecule has 0 aliphatic heterocycles. The number of anilines is 1. The summed E-state index contributed by atoms with van der Waals surface area (Å²) in [5.41, 5.74) is 2.33. The maximum Gasteiger partial charge on any atom is 0.252 e. The molecule has 1 N–H and O–H groups in total. The maximum atomic E-state index is 13.3. The number of nitrogens with one attached hydrogen (secondary N) is 1. The van der Waals surface area contributed by atoms with Gasteiger partial charge >= 0.3 is 0 Å². The van der Waals surface area contributed by atoms with Gasteiger partial charge in [0.2, 0.25) is 0 Å². The van der Waals surface area contributed by atoms with Gasteiger partial charge in [0, 0.05) is 44.8 Å². The number of nitrogens with zero attached hydrogens (tertiary/aromatic N) is 3. The first kappa shape index (κ1) is 17.7. The number of aromatic nitrogens is 2. The number of hydrogen-bond donors (Lipinski definition) is 1. The van der Waals surface area contributed by atoms with Crippen LogP contribution in [0, 0.1) is 5.82 Å². The van der Waals surface area contributed by atoms with Gasteiger partial charge in [0.1, 0.15) is 17.7 Å². The second-order valence-corrected chi connectivity index (χ2v) is 6.30. The molecule has 1 amide bonds. The number of carbonyl (C=O) groups is 1. The zero-order chi connectivity index (χ0) is 18.7. The molecule has 3 aromatic rings. The van der Waals surface area contributed by atoms with Crippen LogP contribution in [0.2, 0.25) is 0 Å². The Morgan fingerprint density at radius 1 is 1.12 bits per heavy atom. The number of rotatable bonds is 5. The van der Waals surface area contributed by atoms with Gasteiger partial charge in [0.15, 0.2) is 0 Å². The minimum Gasteiger partial charge on any atom is -0.378 e. The van der Waals surface area contributed by atoms with Crippen molar-refractivity contribution < 1.29 is 9.18 Å². The monoisotopic (exact) mass is 352 g/mol. The SMILES string of the molecule is CN(C)c1ccc(C(=O)NC(c2ccc(F)cc2)c2nccn2C)cc1. The number of aryl methyl sites for hydroxylation is 1. The molecular formula is C20H21FN4O. The summed E-state index contributed by atoms with van der Waals surface area (Å²) in [6.45, 7) is 0. The molecule has 1 heterocycles. The van der Waals surface area contributed by atoms with Crippen molar-refractivity contribution in [2.75, 3.05) is 19.0 Å². The molecule has 1 aromatic heterocycles. The molecule has 134 valence electrons. The highest BCUT2D eigenvalue weighted by Gasteiger charge is 2.21. The van der Waals surface area contributed by atoms with Crippen LogP contribution in [0.1, 0.15) is 27.8 Å². The number of benzene rings is 2. The maximum absolute atomic E-state index is 13.3. The molecule has 0 fully saturated rings. The van der Waals surface area contributed by atoms with Gasteiger partial charge in [0.05, 0.1) is 0 Å². The zero-order valence-electron chi connectivity index (χ0n) is 15.0. The average molecular weight is 352 g/mol. The van der Waals surface area contributed by atoms with Crippen LogP contribution in [-0.2, 0) is 7.05 Å². The van der Waals surface area contributed by atoms with E-state index < -0.39 is 6.04 Å². The first-order chi connectivity index (χ1) is 12.5. The van der Waals surface area contributed by atoms with Crippen molar-refractivity contribution in [3.8, 4) is 0 Å². The van der Waals surface area contributed by atoms with Crippen molar-refractivity contribution in [1.29, 1.82) is 0 Å². The van der Waals surface area contributed by atoms with Gasteiger partial charge in [-0.2, -0.15) is 0 Å². The van der Waals surface area contributed by atoms with Crippen molar-refractivity contribution in [2.45, 2.75) is 6.04 Å². The third-order valence-corrected chi connectivity index (χ3v) is 4.24. The second kappa shape index (κ2) is 7.39. The van der Waals surface area contributed by atoms with Crippen molar-refractivity contribution in [1.82, 2.24) is 14.9 Å². The third kappa shape index (κ3) is 3.74. The third-order valence-electron chi connectivity index (χ3n) is 4.24. The lowest BCUT2D eigenvalue weighted by Gasteiger charge is -2.19. The summed E-state index contributed by atoms with van der Waals surface area (Å²) in [6, 6.07) is 12.9. The van der Waals surface area contributed by atoms with E-state index in [1.54, 1.807) is 30.5 Å². The Bertz CT molecular complexity index is 885. The summed E-state index contributed by atoms with van der Waals surface area (Å²) in [5, 5.41) is 3.00. The fourth-order valence-corrected chi connectivity index (χ4v) is 2.73. The highest BCUT2D eigenvalue weighted by atomic mass is 19.1. The van der Waals surface area contributed by atoms with Gasteiger partial charge in [-0.25, -0.2) is 9.37 Å². The molecule has 0 aliphatic carbocycles. The number of halogens is 1. The van der Waals surface area contributed by atoms with Gasteiger partial charge in [-0.15, -0.1) is 0 Å². The molecule has 0 bridgehead atoms. The van der Waals surface area contributed by atoms with Crippen LogP contribution in [0.4, 0.5) is 10.1 Å². The lowest BCUT2D eigenvalue weighted by atomic mass is 10.0. The lowest BCUT2D eigenvalue weighted by molar-refractivity contribution is 0.0941. The quantitative estimate of drug-likeness (QED) is 0.767. The molecule has 26 heavy (non-hydrogen) atoms. The van der Waals surface area contributed by atoms with E-state index in [1.165, 1.54) is 12.1 Å². The highest BCUT2D eigenvalue weighted by Crippen LogP contribution is 2.22. The van der Waals surface area contributed by atoms with E-state index in [2.05, 4.69) is 10.3 Å². The minimum absolute atomic E-state index is 0.215. The Balaban J connectivity index is 1.89. The van der Waals surface area contributed by atoms with E-state index in [9.17, 15) is 9.18 Å². The molecular weight excluding hydrogens is 331 g/mol. The van der Waals surface area contributed by atoms with Gasteiger partial charge in [-0.1, -0.05) is 12.1 Å². The molecule has 6 heteroatoms. The molecule has 0 radical (unpaired) electrons. The van der Waals surface area contributed by atoms with Crippen LogP contribution in [0.3, 0.4) is 0 Å². The number of carbonyl (C=O) groups excluding carboxylic acids is 1. The standard InChI is InChI=1S/C20H21FN4O/c1-24(2)17-10-6-15(7-11-17)20(26)23-18(19-22-12-13-25(19)3)14-4-8-16(21)9-5-14/h4-13,18H,1-3H3,(H,23,26). The van der Waals surface area contributed by atoms with E-state index in [1.807, 2.05) is 48.9 Å². The van der Waals surface area contributed by atoms with Crippen molar-refractivity contribution in [2.24, 2.45) is 7.05 Å². The van der Waals surface area contributed by atoms with Crippen molar-refractivity contribution >= 4 is 11.6 Å². The largest absolute Gasteiger partial charge is 0.378 e. The minimum atomic E-state index is -0.475. The predicted molar refractivity (Wildman–Crippen MR) is 99.7 cm³/mol. The van der Waals surface area contributed by atoms with Gasteiger partial charge in [-0.3, -0.25) is 4.79 Å². The normalized spacial score (nSPS) is 11.8. The Morgan fingerprint density at radius 2 is 1.77 bits per heavy atom. The molecule has 1 atom stereocenters. The Morgan fingerprint density at radius 3 is 2.31 bits per heavy atom. The lowest BCUT2D eigenvalue weighted by Crippen LogP contribution is -2.31. The van der Waals surface area contributed by atoms with E-state index in [0.29, 0.717) is 11.4 Å². The van der Waals surface area contributed by atoms with E-state index in [0.717, 1.165) is 11.3 Å². The van der Waals surface area contributed by atoms with Crippen LogP contribution in [0.5, 0.6) is 0 Å². The molecule has 0 aliphatic rings. The molecule has 5 nitrogen and oxygen atoms in total. The summed E-state index contributed by atoms with van der Waals surface area (Å²) in [4.78, 5) is 19.1. The van der Waals surface area contributed by atoms with Gasteiger partial charge in [-0.05, 0) is 42.0 Å². The van der Waals surface area contributed by atoms with E-state index in [-0.39, 0.29) is 11.7 Å². The first-order valence-corrected chi connectivity index (χ1v) is 8.26. The van der Waals surface area contributed by atoms with Crippen LogP contribution in [0.15, 0.2) is 60.9 Å². The van der Waals surface area contributed by atoms with E-state index >= 15 is 0 Å². The summed E-state index contributed by atoms with van der Waals surface area (Å²) in [7, 11) is 5.75. The van der Waals surface area contributed by atoms with Crippen LogP contribution in [0.25, 0.3) is 0 Å². The zero-order valence-corrected chi connectivity index (χ0v) is 15.0. The predicted octanol–water partition coefficient (Wildman–Crippen LogP) is 3.14. The van der Waals surface area contributed by atoms with Crippen LogP contribution >= 0.6 is 0 Å². The van der Waals surface area contributed by atoms with Crippen LogP contribution in [-0.4, -0.2) is 29.6 Å². The summed E-state index contributed by atoms with van der Waals surface area (Å²) < 4.78 is 15.1. The average Bonchev–Trinajstić information content (AvgIpc) is 3.06. The molecule has 0 spiro atoms. The van der Waals surface area contributed by atoms with Crippen molar-refractivity contribution in [3.63, 3.8) is 0 Å². The van der Waals surface area contributed by atoms with Crippen LogP contribution < -0.4 is 10.2 Å². The summed E-state index contributed by atoms with van der Waals surface area (Å²) in [6.07, 6.45) is 3.48. The topological polar surface area (TPSA) is 50.2 Å². The smallest absolute Gasteiger partial charge is 0.252 e. The van der Waals surface area contributed by atoms with Crippen molar-refractivity contribution in [3.05, 3.63) is 83.7 Å². The molecule has 1 unspecified atom stereocenters. The second-order valence-electron chi connectivity index (χ2n) is 6.30. The van der Waals surface area contributed by atoms with Gasteiger partial charge < -0.3 is 14.8 Å². The number of amides is 1. The van der Waals surface area contributed by atoms with Gasteiger partial charge in [0.25, 0.3) is 5.91 Å². The summed E-state index contributed by atoms with van der Waals surface area (Å²) >= 11 is 0. The fraction of sp³-hybridized carbons (Fsp3) is 0.200. The molecule has 2 aromatic carbocycles.